The number of carbonyl (C=O) groups excluding carboxylic acids is 3. The first-order chi connectivity index (χ1) is 30.0. The average molecular weight is 849 g/mol. The Morgan fingerprint density at radius 2 is 1.06 bits per heavy atom. The van der Waals surface area contributed by atoms with E-state index in [1.807, 2.05) is 31.1 Å². The number of urea groups is 1. The maximum atomic E-state index is 13.2. The van der Waals surface area contributed by atoms with E-state index < -0.39 is 0 Å². The zero-order valence-electron chi connectivity index (χ0n) is 38.5. The molecule has 0 bridgehead atoms. The number of carbonyl (C=O) groups is 3. The van der Waals surface area contributed by atoms with Gasteiger partial charge in [-0.3, -0.25) is 9.59 Å². The molecule has 0 radical (unpaired) electrons. The summed E-state index contributed by atoms with van der Waals surface area (Å²) in [7, 11) is 9.87. The molecule has 5 aliphatic rings. The number of amides is 4. The zero-order valence-corrected chi connectivity index (χ0v) is 38.5. The van der Waals surface area contributed by atoms with Crippen LogP contribution in [-0.4, -0.2) is 115 Å². The molecule has 11 nitrogen and oxygen atoms in total. The molecule has 62 heavy (non-hydrogen) atoms. The van der Waals surface area contributed by atoms with Crippen molar-refractivity contribution in [3.8, 4) is 0 Å². The van der Waals surface area contributed by atoms with E-state index in [0.29, 0.717) is 25.0 Å². The molecule has 2 aromatic heterocycles. The standard InChI is InChI=1S/C27H38N4O3.C24H34N2O2/c1-29(12-13-30(2)27(33)28-21-6-7-21)26(32)20-5-9-25-23(17-20)22-16-19(4-8-24(22)31(25)3)18-10-14-34-15-11-18;1-4-5-12-25(2)24(27)19-7-9-23-21(16-19)20-15-18(6-8-22(20)26(23)3)17-10-13-28-14-11-17/h5,9,17-19,21H,4,6-8,10-16H2,1-3H3,(H,28,33);7,9,16-18H,4-6,8,10-15H2,1-3H3. The third-order valence-electron chi connectivity index (χ3n) is 15.2. The molecule has 4 amide bonds. The fourth-order valence-corrected chi connectivity index (χ4v) is 11.0. The van der Waals surface area contributed by atoms with Crippen molar-refractivity contribution in [1.29, 1.82) is 0 Å². The Labute approximate surface area is 369 Å². The van der Waals surface area contributed by atoms with E-state index in [1.165, 1.54) is 82.8 Å². The number of hydrogen-bond donors (Lipinski definition) is 1. The Morgan fingerprint density at radius 1 is 0.613 bits per heavy atom. The van der Waals surface area contributed by atoms with Gasteiger partial charge in [0, 0.05) is 132 Å². The van der Waals surface area contributed by atoms with Crippen molar-refractivity contribution in [1.82, 2.24) is 29.2 Å². The highest BCUT2D eigenvalue weighted by atomic mass is 16.5. The highest BCUT2D eigenvalue weighted by Crippen LogP contribution is 2.41. The van der Waals surface area contributed by atoms with Crippen molar-refractivity contribution in [3.63, 3.8) is 0 Å². The largest absolute Gasteiger partial charge is 0.381 e. The van der Waals surface area contributed by atoms with Crippen LogP contribution in [0, 0.1) is 23.7 Å². The second kappa shape index (κ2) is 19.6. The van der Waals surface area contributed by atoms with Crippen molar-refractivity contribution < 1.29 is 23.9 Å². The molecule has 11 heteroatoms. The molecule has 3 aliphatic carbocycles. The van der Waals surface area contributed by atoms with Gasteiger partial charge < -0.3 is 38.6 Å². The van der Waals surface area contributed by atoms with Crippen LogP contribution < -0.4 is 5.32 Å². The number of aromatic nitrogens is 2. The summed E-state index contributed by atoms with van der Waals surface area (Å²) in [5.41, 5.74) is 9.87. The third-order valence-corrected chi connectivity index (χ3v) is 15.2. The minimum Gasteiger partial charge on any atom is -0.381 e. The lowest BCUT2D eigenvalue weighted by Gasteiger charge is -2.33. The van der Waals surface area contributed by atoms with Crippen LogP contribution in [0.4, 0.5) is 4.79 Å². The summed E-state index contributed by atoms with van der Waals surface area (Å²) >= 11 is 0. The van der Waals surface area contributed by atoms with Gasteiger partial charge in [0.2, 0.25) is 0 Å². The summed E-state index contributed by atoms with van der Waals surface area (Å²) in [6.45, 7) is 7.64. The van der Waals surface area contributed by atoms with Gasteiger partial charge in [-0.15, -0.1) is 0 Å². The zero-order chi connectivity index (χ0) is 43.5. The number of aryl methyl sites for hydroxylation is 2. The maximum absolute atomic E-state index is 13.2. The smallest absolute Gasteiger partial charge is 0.317 e. The number of unbranched alkanes of at least 4 members (excludes halogenated alkanes) is 1. The molecule has 0 spiro atoms. The van der Waals surface area contributed by atoms with Crippen LogP contribution >= 0.6 is 0 Å². The molecule has 1 saturated carbocycles. The van der Waals surface area contributed by atoms with Crippen LogP contribution in [-0.2, 0) is 49.3 Å². The van der Waals surface area contributed by atoms with Gasteiger partial charge in [0.05, 0.1) is 0 Å². The second-order valence-corrected chi connectivity index (χ2v) is 19.3. The van der Waals surface area contributed by atoms with E-state index >= 15 is 0 Å². The SMILES string of the molecule is CCCCN(C)C(=O)c1ccc2c(c1)c1c(n2C)CCC(C2CCOCC2)C1.CN(CCN(C)C(=O)c1ccc2c(c1)c1c(n2C)CCC(C2CCOCC2)C1)C(=O)NC1CC1. The summed E-state index contributed by atoms with van der Waals surface area (Å²) in [5, 5.41) is 5.52. The fourth-order valence-electron chi connectivity index (χ4n) is 11.0. The molecule has 2 aromatic carbocycles. The Kier molecular flexibility index (Phi) is 14.0. The lowest BCUT2D eigenvalue weighted by molar-refractivity contribution is 0.0438. The molecule has 4 heterocycles. The Morgan fingerprint density at radius 3 is 1.52 bits per heavy atom. The molecular weight excluding hydrogens is 777 g/mol. The van der Waals surface area contributed by atoms with Gasteiger partial charge in [-0.05, 0) is 155 Å². The van der Waals surface area contributed by atoms with Crippen LogP contribution in [0.15, 0.2) is 36.4 Å². The van der Waals surface area contributed by atoms with E-state index in [-0.39, 0.29) is 17.8 Å². The number of benzene rings is 2. The lowest BCUT2D eigenvalue weighted by Crippen LogP contribution is -2.42. The van der Waals surface area contributed by atoms with E-state index in [9.17, 15) is 14.4 Å². The van der Waals surface area contributed by atoms with Crippen LogP contribution in [0.1, 0.15) is 114 Å². The minimum absolute atomic E-state index is 0.00675. The van der Waals surface area contributed by atoms with Gasteiger partial charge in [-0.1, -0.05) is 13.3 Å². The van der Waals surface area contributed by atoms with E-state index in [2.05, 4.69) is 59.7 Å². The van der Waals surface area contributed by atoms with Gasteiger partial charge in [-0.25, -0.2) is 4.79 Å². The van der Waals surface area contributed by atoms with Gasteiger partial charge in [0.1, 0.15) is 0 Å². The normalized spacial score (nSPS) is 20.5. The number of fused-ring (bicyclic) bond motifs is 6. The summed E-state index contributed by atoms with van der Waals surface area (Å²) in [5.74, 6) is 3.16. The second-order valence-electron chi connectivity index (χ2n) is 19.3. The summed E-state index contributed by atoms with van der Waals surface area (Å²) in [6.07, 6.45) is 16.1. The predicted molar refractivity (Wildman–Crippen MR) is 247 cm³/mol. The van der Waals surface area contributed by atoms with Crippen molar-refractivity contribution in [2.75, 3.05) is 67.2 Å². The van der Waals surface area contributed by atoms with Crippen molar-refractivity contribution in [2.24, 2.45) is 37.8 Å². The molecule has 2 aliphatic heterocycles. The maximum Gasteiger partial charge on any atom is 0.317 e. The van der Waals surface area contributed by atoms with Gasteiger partial charge in [0.25, 0.3) is 11.8 Å². The highest BCUT2D eigenvalue weighted by Gasteiger charge is 2.33. The van der Waals surface area contributed by atoms with Crippen LogP contribution in [0.5, 0.6) is 0 Å². The molecule has 4 aromatic rings. The number of likely N-dealkylation sites (N-methyl/N-ethyl adjacent to an activating group) is 2. The molecule has 2 atom stereocenters. The lowest BCUT2D eigenvalue weighted by atomic mass is 9.75. The molecule has 3 fully saturated rings. The number of rotatable bonds is 11. The first-order valence-corrected chi connectivity index (χ1v) is 23.9. The molecule has 336 valence electrons. The monoisotopic (exact) mass is 849 g/mol. The van der Waals surface area contributed by atoms with E-state index in [4.69, 9.17) is 9.47 Å². The van der Waals surface area contributed by atoms with Gasteiger partial charge in [0.15, 0.2) is 0 Å². The minimum atomic E-state index is -0.0558. The number of ether oxygens (including phenoxy) is 2. The molecule has 2 unspecified atom stereocenters. The summed E-state index contributed by atoms with van der Waals surface area (Å²) in [4.78, 5) is 43.5. The van der Waals surface area contributed by atoms with Crippen molar-refractivity contribution in [3.05, 3.63) is 70.0 Å². The first-order valence-electron chi connectivity index (χ1n) is 23.9. The Bertz CT molecular complexity index is 2230. The molecule has 2 saturated heterocycles. The fraction of sp³-hybridized carbons (Fsp3) is 0.627. The van der Waals surface area contributed by atoms with Gasteiger partial charge in [-0.2, -0.15) is 0 Å². The average Bonchev–Trinajstić information content (AvgIpc) is 4.04. The van der Waals surface area contributed by atoms with E-state index in [0.717, 1.165) is 113 Å². The van der Waals surface area contributed by atoms with Gasteiger partial charge >= 0.3 is 6.03 Å². The molecule has 1 N–H and O–H groups in total. The van der Waals surface area contributed by atoms with Crippen molar-refractivity contribution in [2.45, 2.75) is 103 Å². The highest BCUT2D eigenvalue weighted by molar-refractivity contribution is 6.00. The predicted octanol–water partition coefficient (Wildman–Crippen LogP) is 8.17. The molecule has 9 rings (SSSR count). The first kappa shape index (κ1) is 44.3. The molecular formula is C51H72N6O5. The van der Waals surface area contributed by atoms with Crippen LogP contribution in [0.25, 0.3) is 21.8 Å². The number of nitrogens with zero attached hydrogens (tertiary/aromatic N) is 5. The Hall–Kier alpha value is -4.35. The quantitative estimate of drug-likeness (QED) is 0.164. The Balaban J connectivity index is 0.000000174. The van der Waals surface area contributed by atoms with Crippen molar-refractivity contribution >= 4 is 39.7 Å². The van der Waals surface area contributed by atoms with E-state index in [1.54, 1.807) is 16.8 Å². The third kappa shape index (κ3) is 9.59. The topological polar surface area (TPSA) is 101 Å². The number of hydrogen-bond acceptors (Lipinski definition) is 5. The van der Waals surface area contributed by atoms with Crippen LogP contribution in [0.3, 0.4) is 0 Å². The van der Waals surface area contributed by atoms with Crippen LogP contribution in [0.2, 0.25) is 0 Å². The number of nitrogens with one attached hydrogen (secondary N) is 1. The summed E-state index contributed by atoms with van der Waals surface area (Å²) in [6, 6.07) is 12.8. The summed E-state index contributed by atoms with van der Waals surface area (Å²) < 4.78 is 15.9.